The minimum atomic E-state index is -1.06. The van der Waals surface area contributed by atoms with Crippen LogP contribution in [0.25, 0.3) is 6.08 Å². The Balaban J connectivity index is 3.00. The Morgan fingerprint density at radius 3 is 2.79 bits per heavy atom. The van der Waals surface area contributed by atoms with Crippen LogP contribution in [-0.2, 0) is 4.79 Å². The smallest absolute Gasteiger partial charge is 0.328 e. The van der Waals surface area contributed by atoms with Crippen LogP contribution in [0.1, 0.15) is 5.56 Å². The van der Waals surface area contributed by atoms with Gasteiger partial charge in [-0.25, -0.2) is 4.79 Å². The number of aromatic hydroxyl groups is 1. The third kappa shape index (κ3) is 2.52. The molecule has 0 amide bonds. The zero-order valence-corrected chi connectivity index (χ0v) is 7.60. The monoisotopic (exact) mass is 194 g/mol. The number of methoxy groups -OCH3 is 1. The van der Waals surface area contributed by atoms with E-state index in [1.54, 1.807) is 12.1 Å². The van der Waals surface area contributed by atoms with Gasteiger partial charge in [0.2, 0.25) is 0 Å². The first-order valence-corrected chi connectivity index (χ1v) is 3.91. The molecule has 0 aliphatic rings. The summed E-state index contributed by atoms with van der Waals surface area (Å²) >= 11 is 0. The first-order valence-electron chi connectivity index (χ1n) is 3.91. The van der Waals surface area contributed by atoms with Crippen molar-refractivity contribution in [2.45, 2.75) is 0 Å². The summed E-state index contributed by atoms with van der Waals surface area (Å²) in [6.45, 7) is 0. The predicted molar refractivity (Wildman–Crippen MR) is 51.3 cm³/mol. The Bertz CT molecular complexity index is 368. The van der Waals surface area contributed by atoms with Gasteiger partial charge < -0.3 is 14.9 Å². The average Bonchev–Trinajstić information content (AvgIpc) is 2.16. The molecular formula is C10H10O4. The van der Waals surface area contributed by atoms with Gasteiger partial charge in [-0.2, -0.15) is 0 Å². The molecule has 4 nitrogen and oxygen atoms in total. The van der Waals surface area contributed by atoms with Gasteiger partial charge in [0.15, 0.2) is 0 Å². The molecule has 74 valence electrons. The van der Waals surface area contributed by atoms with E-state index in [1.165, 1.54) is 19.3 Å². The van der Waals surface area contributed by atoms with Gasteiger partial charge >= 0.3 is 5.97 Å². The summed E-state index contributed by atoms with van der Waals surface area (Å²) in [5, 5.41) is 17.7. The van der Waals surface area contributed by atoms with Gasteiger partial charge in [-0.15, -0.1) is 0 Å². The standard InChI is InChI=1S/C10H10O4/c1-14-8-3-4-9(11)7(6-8)2-5-10(12)13/h2-6,11H,1H3,(H,12,13)/b5-2-. The van der Waals surface area contributed by atoms with Crippen molar-refractivity contribution in [1.82, 2.24) is 0 Å². The number of rotatable bonds is 3. The highest BCUT2D eigenvalue weighted by molar-refractivity contribution is 5.86. The lowest BCUT2D eigenvalue weighted by molar-refractivity contribution is -0.131. The Morgan fingerprint density at radius 1 is 1.50 bits per heavy atom. The molecule has 0 bridgehead atoms. The zero-order valence-electron chi connectivity index (χ0n) is 7.60. The fourth-order valence-electron chi connectivity index (χ4n) is 0.954. The summed E-state index contributed by atoms with van der Waals surface area (Å²) < 4.78 is 4.92. The second-order valence-corrected chi connectivity index (χ2v) is 2.60. The minimum absolute atomic E-state index is 0.0169. The van der Waals surface area contributed by atoms with Crippen molar-refractivity contribution in [3.8, 4) is 11.5 Å². The quantitative estimate of drug-likeness (QED) is 0.715. The number of phenols is 1. The van der Waals surface area contributed by atoms with Gasteiger partial charge in [0, 0.05) is 11.6 Å². The zero-order chi connectivity index (χ0) is 10.6. The fraction of sp³-hybridized carbons (Fsp3) is 0.100. The largest absolute Gasteiger partial charge is 0.507 e. The summed E-state index contributed by atoms with van der Waals surface area (Å²) in [6.07, 6.45) is 2.26. The van der Waals surface area contributed by atoms with Crippen LogP contribution < -0.4 is 4.74 Å². The van der Waals surface area contributed by atoms with E-state index in [9.17, 15) is 9.90 Å². The van der Waals surface area contributed by atoms with Crippen LogP contribution in [0.15, 0.2) is 24.3 Å². The molecule has 4 heteroatoms. The molecule has 0 aliphatic heterocycles. The summed E-state index contributed by atoms with van der Waals surface area (Å²) in [7, 11) is 1.50. The molecule has 2 N–H and O–H groups in total. The Labute approximate surface area is 81.1 Å². The topological polar surface area (TPSA) is 66.8 Å². The molecule has 0 aliphatic carbocycles. The molecule has 1 aromatic carbocycles. The van der Waals surface area contributed by atoms with Gasteiger partial charge in [-0.3, -0.25) is 0 Å². The lowest BCUT2D eigenvalue weighted by Gasteiger charge is -2.02. The minimum Gasteiger partial charge on any atom is -0.507 e. The molecule has 0 fully saturated rings. The van der Waals surface area contributed by atoms with E-state index < -0.39 is 5.97 Å². The lowest BCUT2D eigenvalue weighted by Crippen LogP contribution is -1.87. The molecule has 0 radical (unpaired) electrons. The van der Waals surface area contributed by atoms with E-state index in [4.69, 9.17) is 9.84 Å². The van der Waals surface area contributed by atoms with E-state index in [2.05, 4.69) is 0 Å². The number of aliphatic carboxylic acids is 1. The highest BCUT2D eigenvalue weighted by Crippen LogP contribution is 2.23. The molecule has 0 aromatic heterocycles. The number of carboxylic acids is 1. The van der Waals surface area contributed by atoms with Crippen molar-refractivity contribution in [2.75, 3.05) is 7.11 Å². The number of benzene rings is 1. The predicted octanol–water partition coefficient (Wildman–Crippen LogP) is 1.50. The normalized spacial score (nSPS) is 10.4. The van der Waals surface area contributed by atoms with Gasteiger partial charge in [0.05, 0.1) is 7.11 Å². The van der Waals surface area contributed by atoms with Gasteiger partial charge in [-0.1, -0.05) is 0 Å². The third-order valence-electron chi connectivity index (χ3n) is 1.64. The van der Waals surface area contributed by atoms with Crippen LogP contribution in [-0.4, -0.2) is 23.3 Å². The summed E-state index contributed by atoms with van der Waals surface area (Å²) in [5.41, 5.74) is 0.409. The van der Waals surface area contributed by atoms with E-state index in [-0.39, 0.29) is 5.75 Å². The van der Waals surface area contributed by atoms with Crippen LogP contribution in [0.2, 0.25) is 0 Å². The number of ether oxygens (including phenoxy) is 1. The van der Waals surface area contributed by atoms with Crippen molar-refractivity contribution in [3.05, 3.63) is 29.8 Å². The van der Waals surface area contributed by atoms with E-state index in [0.29, 0.717) is 11.3 Å². The second-order valence-electron chi connectivity index (χ2n) is 2.60. The van der Waals surface area contributed by atoms with Crippen molar-refractivity contribution in [3.63, 3.8) is 0 Å². The van der Waals surface area contributed by atoms with E-state index >= 15 is 0 Å². The third-order valence-corrected chi connectivity index (χ3v) is 1.64. The average molecular weight is 194 g/mol. The molecule has 0 saturated carbocycles. The Morgan fingerprint density at radius 2 is 2.21 bits per heavy atom. The second kappa shape index (κ2) is 4.32. The van der Waals surface area contributed by atoms with Crippen molar-refractivity contribution in [1.29, 1.82) is 0 Å². The number of carbonyl (C=O) groups is 1. The summed E-state index contributed by atoms with van der Waals surface area (Å²) in [4.78, 5) is 10.2. The van der Waals surface area contributed by atoms with Gasteiger partial charge in [0.1, 0.15) is 11.5 Å². The molecule has 0 spiro atoms. The SMILES string of the molecule is COc1ccc(O)c(/C=C\C(=O)O)c1. The van der Waals surface area contributed by atoms with E-state index in [1.807, 2.05) is 0 Å². The molecule has 0 unspecified atom stereocenters. The lowest BCUT2D eigenvalue weighted by atomic mass is 10.2. The number of phenolic OH excluding ortho intramolecular Hbond substituents is 1. The van der Waals surface area contributed by atoms with Crippen LogP contribution in [0.3, 0.4) is 0 Å². The number of carboxylic acid groups (broad SMARTS) is 1. The Hall–Kier alpha value is -1.97. The van der Waals surface area contributed by atoms with Crippen molar-refractivity contribution in [2.24, 2.45) is 0 Å². The van der Waals surface area contributed by atoms with Gasteiger partial charge in [0.25, 0.3) is 0 Å². The van der Waals surface area contributed by atoms with Crippen LogP contribution in [0.4, 0.5) is 0 Å². The summed E-state index contributed by atoms with van der Waals surface area (Å²) in [5.74, 6) is -0.483. The van der Waals surface area contributed by atoms with Crippen LogP contribution in [0, 0.1) is 0 Å². The maximum Gasteiger partial charge on any atom is 0.328 e. The number of hydrogen-bond donors (Lipinski definition) is 2. The first kappa shape index (κ1) is 10.1. The van der Waals surface area contributed by atoms with Gasteiger partial charge in [-0.05, 0) is 24.3 Å². The molecule has 0 atom stereocenters. The molecule has 1 rings (SSSR count). The van der Waals surface area contributed by atoms with Crippen LogP contribution in [0.5, 0.6) is 11.5 Å². The highest BCUT2D eigenvalue weighted by Gasteiger charge is 2.00. The maximum atomic E-state index is 10.2. The molecule has 0 saturated heterocycles. The molecule has 1 aromatic rings. The fourth-order valence-corrected chi connectivity index (χ4v) is 0.954. The van der Waals surface area contributed by atoms with Crippen molar-refractivity contribution >= 4 is 12.0 Å². The maximum absolute atomic E-state index is 10.2. The van der Waals surface area contributed by atoms with E-state index in [0.717, 1.165) is 6.08 Å². The highest BCUT2D eigenvalue weighted by atomic mass is 16.5. The molecular weight excluding hydrogens is 184 g/mol. The first-order chi connectivity index (χ1) is 6.63. The van der Waals surface area contributed by atoms with Crippen molar-refractivity contribution < 1.29 is 19.7 Å². The summed E-state index contributed by atoms with van der Waals surface area (Å²) in [6, 6.07) is 4.59. The number of hydrogen-bond acceptors (Lipinski definition) is 3. The molecule has 14 heavy (non-hydrogen) atoms. The Kier molecular flexibility index (Phi) is 3.12. The molecule has 0 heterocycles. The van der Waals surface area contributed by atoms with Crippen LogP contribution >= 0.6 is 0 Å².